The highest BCUT2D eigenvalue weighted by Gasteiger charge is 2.20. The molecule has 0 fully saturated rings. The van der Waals surface area contributed by atoms with Gasteiger partial charge in [0.2, 0.25) is 0 Å². The van der Waals surface area contributed by atoms with Gasteiger partial charge in [0.05, 0.1) is 27.9 Å². The maximum absolute atomic E-state index is 5.10. The van der Waals surface area contributed by atoms with Crippen molar-refractivity contribution >= 4 is 32.8 Å². The number of fused-ring (bicyclic) bond motifs is 5. The Bertz CT molecular complexity index is 2160. The molecule has 0 amide bonds. The highest BCUT2D eigenvalue weighted by molar-refractivity contribution is 6.17. The summed E-state index contributed by atoms with van der Waals surface area (Å²) >= 11 is 0. The van der Waals surface area contributed by atoms with Crippen LogP contribution in [0.1, 0.15) is 0 Å². The van der Waals surface area contributed by atoms with E-state index in [1.54, 1.807) is 0 Å². The number of hydrogen-bond donors (Lipinski definition) is 0. The zero-order valence-electron chi connectivity index (χ0n) is 21.4. The number of nitrogens with zero attached hydrogens (tertiary/aromatic N) is 6. The summed E-state index contributed by atoms with van der Waals surface area (Å²) in [5.74, 6) is 1.55. The molecule has 6 heteroatoms. The Kier molecular flexibility index (Phi) is 5.03. The van der Waals surface area contributed by atoms with Crippen LogP contribution in [0.4, 0.5) is 0 Å². The average Bonchev–Trinajstić information content (AvgIpc) is 3.62. The standard InChI is InChI=1S/C34H22N6/c1-3-11-23(12-4-1)27-16-9-19-31(35-27)39-29-18-8-7-15-25(29)26-21-22-30-33(34(26)39)37-38-40(30)32-20-10-17-28(36-32)24-13-5-2-6-14-24/h1-22H. The smallest absolute Gasteiger partial charge is 0.156 e. The van der Waals surface area contributed by atoms with Crippen LogP contribution in [-0.4, -0.2) is 29.5 Å². The molecule has 0 saturated carbocycles. The predicted molar refractivity (Wildman–Crippen MR) is 160 cm³/mol. The maximum Gasteiger partial charge on any atom is 0.156 e. The highest BCUT2D eigenvalue weighted by Crippen LogP contribution is 2.36. The summed E-state index contributed by atoms with van der Waals surface area (Å²) in [6, 6.07) is 45.2. The van der Waals surface area contributed by atoms with Crippen molar-refractivity contribution in [3.8, 4) is 34.2 Å². The molecule has 8 aromatic rings. The van der Waals surface area contributed by atoms with Crippen molar-refractivity contribution in [2.24, 2.45) is 0 Å². The van der Waals surface area contributed by atoms with Gasteiger partial charge in [-0.25, -0.2) is 9.97 Å². The van der Waals surface area contributed by atoms with Gasteiger partial charge in [0.15, 0.2) is 5.82 Å². The van der Waals surface area contributed by atoms with E-state index in [1.165, 1.54) is 0 Å². The highest BCUT2D eigenvalue weighted by atomic mass is 15.4. The summed E-state index contributed by atoms with van der Waals surface area (Å²) in [6.45, 7) is 0. The van der Waals surface area contributed by atoms with Crippen LogP contribution in [0.2, 0.25) is 0 Å². The topological polar surface area (TPSA) is 61.4 Å². The quantitative estimate of drug-likeness (QED) is 0.242. The van der Waals surface area contributed by atoms with Crippen LogP contribution >= 0.6 is 0 Å². The Morgan fingerprint density at radius 2 is 1.07 bits per heavy atom. The van der Waals surface area contributed by atoms with Crippen LogP contribution in [0.3, 0.4) is 0 Å². The summed E-state index contributed by atoms with van der Waals surface area (Å²) < 4.78 is 4.02. The third kappa shape index (κ3) is 3.50. The second kappa shape index (κ2) is 8.99. The molecule has 6 nitrogen and oxygen atoms in total. The van der Waals surface area contributed by atoms with Crippen LogP contribution in [0.5, 0.6) is 0 Å². The van der Waals surface area contributed by atoms with E-state index in [2.05, 4.69) is 76.5 Å². The first-order valence-corrected chi connectivity index (χ1v) is 13.2. The molecular formula is C34H22N6. The van der Waals surface area contributed by atoms with Crippen LogP contribution in [-0.2, 0) is 0 Å². The molecule has 40 heavy (non-hydrogen) atoms. The second-order valence-corrected chi connectivity index (χ2v) is 9.68. The van der Waals surface area contributed by atoms with Gasteiger partial charge in [0.1, 0.15) is 11.3 Å². The van der Waals surface area contributed by atoms with Gasteiger partial charge in [-0.3, -0.25) is 4.57 Å². The zero-order valence-corrected chi connectivity index (χ0v) is 21.4. The molecule has 4 aromatic heterocycles. The molecule has 0 N–H and O–H groups in total. The van der Waals surface area contributed by atoms with Gasteiger partial charge in [0.25, 0.3) is 0 Å². The van der Waals surface area contributed by atoms with E-state index in [1.807, 2.05) is 71.4 Å². The van der Waals surface area contributed by atoms with E-state index < -0.39 is 0 Å². The fourth-order valence-electron chi connectivity index (χ4n) is 5.47. The van der Waals surface area contributed by atoms with Gasteiger partial charge in [-0.15, -0.1) is 5.10 Å². The first kappa shape index (κ1) is 22.4. The minimum atomic E-state index is 0.718. The van der Waals surface area contributed by atoms with Crippen molar-refractivity contribution in [1.29, 1.82) is 0 Å². The summed E-state index contributed by atoms with van der Waals surface area (Å²) in [7, 11) is 0. The van der Waals surface area contributed by atoms with Crippen molar-refractivity contribution in [2.45, 2.75) is 0 Å². The molecule has 0 aliphatic carbocycles. The van der Waals surface area contributed by atoms with Crippen LogP contribution in [0.25, 0.3) is 67.0 Å². The Hall–Kier alpha value is -5.62. The fraction of sp³-hybridized carbons (Fsp3) is 0. The molecule has 0 atom stereocenters. The van der Waals surface area contributed by atoms with Crippen molar-refractivity contribution < 1.29 is 0 Å². The molecule has 0 radical (unpaired) electrons. The molecule has 0 spiro atoms. The third-order valence-electron chi connectivity index (χ3n) is 7.30. The van der Waals surface area contributed by atoms with E-state index in [0.29, 0.717) is 0 Å². The predicted octanol–water partition coefficient (Wildman–Crippen LogP) is 7.64. The number of para-hydroxylation sites is 1. The normalized spacial score (nSPS) is 11.5. The number of aromatic nitrogens is 6. The van der Waals surface area contributed by atoms with Crippen molar-refractivity contribution in [3.63, 3.8) is 0 Å². The maximum atomic E-state index is 5.10. The van der Waals surface area contributed by atoms with E-state index in [9.17, 15) is 0 Å². The average molecular weight is 515 g/mol. The third-order valence-corrected chi connectivity index (χ3v) is 7.30. The van der Waals surface area contributed by atoms with Gasteiger partial charge >= 0.3 is 0 Å². The SMILES string of the molecule is c1ccc(-c2cccc(-n3nnc4c3ccc3c5ccccc5n(-c5cccc(-c6ccccc6)n5)c34)n2)cc1. The zero-order chi connectivity index (χ0) is 26.5. The van der Waals surface area contributed by atoms with Crippen LogP contribution in [0, 0.1) is 0 Å². The van der Waals surface area contributed by atoms with Gasteiger partial charge in [0, 0.05) is 21.9 Å². The van der Waals surface area contributed by atoms with Crippen molar-refractivity contribution in [3.05, 3.63) is 133 Å². The minimum absolute atomic E-state index is 0.718. The molecule has 0 unspecified atom stereocenters. The Morgan fingerprint density at radius 1 is 0.450 bits per heavy atom. The lowest BCUT2D eigenvalue weighted by atomic mass is 10.1. The van der Waals surface area contributed by atoms with E-state index in [4.69, 9.17) is 15.1 Å². The van der Waals surface area contributed by atoms with Crippen LogP contribution in [0.15, 0.2) is 133 Å². The summed E-state index contributed by atoms with van der Waals surface area (Å²) in [5.41, 5.74) is 7.66. The molecular weight excluding hydrogens is 492 g/mol. The molecule has 0 saturated heterocycles. The van der Waals surface area contributed by atoms with Gasteiger partial charge in [-0.1, -0.05) is 96.2 Å². The Morgan fingerprint density at radius 3 is 1.80 bits per heavy atom. The monoisotopic (exact) mass is 514 g/mol. The number of hydrogen-bond acceptors (Lipinski definition) is 4. The molecule has 4 aromatic carbocycles. The summed E-state index contributed by atoms with van der Waals surface area (Å²) in [5, 5.41) is 11.6. The molecule has 4 heterocycles. The number of rotatable bonds is 4. The lowest BCUT2D eigenvalue weighted by molar-refractivity contribution is 0.802. The summed E-state index contributed by atoms with van der Waals surface area (Å²) in [4.78, 5) is 10.0. The van der Waals surface area contributed by atoms with Gasteiger partial charge in [-0.2, -0.15) is 4.68 Å². The molecule has 0 bridgehead atoms. The lowest BCUT2D eigenvalue weighted by Gasteiger charge is -2.09. The Labute approximate surface area is 229 Å². The molecule has 0 aliphatic rings. The largest absolute Gasteiger partial charge is 0.291 e. The van der Waals surface area contributed by atoms with Crippen molar-refractivity contribution in [1.82, 2.24) is 29.5 Å². The van der Waals surface area contributed by atoms with Crippen LogP contribution < -0.4 is 0 Å². The lowest BCUT2D eigenvalue weighted by Crippen LogP contribution is -2.01. The Balaban J connectivity index is 1.37. The number of pyridine rings is 2. The first-order chi connectivity index (χ1) is 19.8. The first-order valence-electron chi connectivity index (χ1n) is 13.2. The van der Waals surface area contributed by atoms with Crippen molar-refractivity contribution in [2.75, 3.05) is 0 Å². The fourth-order valence-corrected chi connectivity index (χ4v) is 5.47. The van der Waals surface area contributed by atoms with Gasteiger partial charge < -0.3 is 0 Å². The van der Waals surface area contributed by atoms with Gasteiger partial charge in [-0.05, 0) is 42.5 Å². The molecule has 188 valence electrons. The molecule has 8 rings (SSSR count). The number of benzene rings is 4. The second-order valence-electron chi connectivity index (χ2n) is 9.68. The minimum Gasteiger partial charge on any atom is -0.291 e. The van der Waals surface area contributed by atoms with E-state index in [0.717, 1.165) is 67.0 Å². The van der Waals surface area contributed by atoms with E-state index >= 15 is 0 Å². The molecule has 0 aliphatic heterocycles. The summed E-state index contributed by atoms with van der Waals surface area (Å²) in [6.07, 6.45) is 0. The van der Waals surface area contributed by atoms with E-state index in [-0.39, 0.29) is 0 Å².